The van der Waals surface area contributed by atoms with Crippen LogP contribution in [0.15, 0.2) is 42.5 Å². The van der Waals surface area contributed by atoms with E-state index in [2.05, 4.69) is 23.2 Å². The number of carbonyl (C=O) groups excluding carboxylic acids is 2. The summed E-state index contributed by atoms with van der Waals surface area (Å²) in [7, 11) is 1.66. The summed E-state index contributed by atoms with van der Waals surface area (Å²) in [6.45, 7) is 7.20. The van der Waals surface area contributed by atoms with Crippen LogP contribution in [0.25, 0.3) is 0 Å². The van der Waals surface area contributed by atoms with Gasteiger partial charge in [0, 0.05) is 31.9 Å². The molecule has 34 heavy (non-hydrogen) atoms. The van der Waals surface area contributed by atoms with Crippen LogP contribution >= 0.6 is 0 Å². The number of urea groups is 1. The number of amides is 3. The summed E-state index contributed by atoms with van der Waals surface area (Å²) in [5.41, 5.74) is 4.05. The maximum atomic E-state index is 13.6. The van der Waals surface area contributed by atoms with Gasteiger partial charge in [0.1, 0.15) is 5.75 Å². The normalized spacial score (nSPS) is 20.3. The number of ether oxygens (including phenoxy) is 1. The van der Waals surface area contributed by atoms with Crippen molar-refractivity contribution in [1.29, 1.82) is 0 Å². The average molecular weight is 462 g/mol. The molecular formula is C28H35N3O3. The van der Waals surface area contributed by atoms with E-state index in [4.69, 9.17) is 4.74 Å². The zero-order valence-electron chi connectivity index (χ0n) is 20.5. The first kappa shape index (κ1) is 22.8. The summed E-state index contributed by atoms with van der Waals surface area (Å²) in [5.74, 6) is 1.10. The third-order valence-electron chi connectivity index (χ3n) is 8.26. The Morgan fingerprint density at radius 2 is 1.53 bits per heavy atom. The van der Waals surface area contributed by atoms with Crippen LogP contribution in [-0.4, -0.2) is 55.0 Å². The SMILES string of the molecule is COc1ccc(C2(C(=O)N3CCC4(CCN(C(=O)Nc5ccc(C)cc5C)CC4)C3)CC2)cc1. The summed E-state index contributed by atoms with van der Waals surface area (Å²) in [4.78, 5) is 30.5. The first-order valence-electron chi connectivity index (χ1n) is 12.4. The number of likely N-dealkylation sites (tertiary alicyclic amines) is 2. The number of hydrogen-bond donors (Lipinski definition) is 1. The van der Waals surface area contributed by atoms with E-state index < -0.39 is 0 Å². The second kappa shape index (κ2) is 8.64. The van der Waals surface area contributed by atoms with Crippen LogP contribution in [0, 0.1) is 19.3 Å². The highest BCUT2D eigenvalue weighted by molar-refractivity contribution is 5.92. The molecule has 3 aliphatic rings. The number of nitrogens with zero attached hydrogens (tertiary/aromatic N) is 2. The standard InChI is InChI=1S/C28H35N3O3/c1-20-4-9-24(21(2)18-20)29-26(33)30-15-12-27(13-16-30)14-17-31(19-27)25(32)28(10-11-28)22-5-7-23(34-3)8-6-22/h4-9,18H,10-17,19H2,1-3H3,(H,29,33). The molecule has 2 aromatic carbocycles. The molecule has 1 N–H and O–H groups in total. The van der Waals surface area contributed by atoms with Crippen LogP contribution in [0.2, 0.25) is 0 Å². The molecule has 2 aromatic rings. The van der Waals surface area contributed by atoms with Crippen LogP contribution in [0.3, 0.4) is 0 Å². The first-order chi connectivity index (χ1) is 16.3. The minimum absolute atomic E-state index is 0.0239. The summed E-state index contributed by atoms with van der Waals surface area (Å²) >= 11 is 0. The van der Waals surface area contributed by atoms with Crippen LogP contribution in [-0.2, 0) is 10.2 Å². The molecule has 6 nitrogen and oxygen atoms in total. The van der Waals surface area contributed by atoms with Crippen molar-refractivity contribution in [3.05, 3.63) is 59.2 Å². The molecule has 2 saturated heterocycles. The maximum absolute atomic E-state index is 13.6. The molecule has 5 rings (SSSR count). The smallest absolute Gasteiger partial charge is 0.321 e. The van der Waals surface area contributed by atoms with Crippen molar-refractivity contribution < 1.29 is 14.3 Å². The van der Waals surface area contributed by atoms with Gasteiger partial charge in [0.25, 0.3) is 0 Å². The number of aryl methyl sites for hydroxylation is 2. The van der Waals surface area contributed by atoms with E-state index in [1.807, 2.05) is 48.2 Å². The molecule has 0 radical (unpaired) electrons. The highest BCUT2D eigenvalue weighted by Gasteiger charge is 2.55. The largest absolute Gasteiger partial charge is 0.497 e. The Morgan fingerprint density at radius 1 is 0.882 bits per heavy atom. The molecule has 0 aromatic heterocycles. The summed E-state index contributed by atoms with van der Waals surface area (Å²) in [6, 6.07) is 14.1. The Labute approximate surface area is 202 Å². The zero-order valence-corrected chi connectivity index (χ0v) is 20.5. The number of rotatable bonds is 4. The second-order valence-corrected chi connectivity index (χ2v) is 10.5. The van der Waals surface area contributed by atoms with E-state index in [0.717, 1.165) is 80.8 Å². The zero-order chi connectivity index (χ0) is 23.9. The van der Waals surface area contributed by atoms with Crippen LogP contribution < -0.4 is 10.1 Å². The van der Waals surface area contributed by atoms with Gasteiger partial charge in [-0.1, -0.05) is 29.8 Å². The van der Waals surface area contributed by atoms with Crippen molar-refractivity contribution in [2.45, 2.75) is 51.4 Å². The number of piperidine rings is 1. The lowest BCUT2D eigenvalue weighted by molar-refractivity contribution is -0.133. The first-order valence-corrected chi connectivity index (χ1v) is 12.4. The van der Waals surface area contributed by atoms with Gasteiger partial charge in [-0.3, -0.25) is 4.79 Å². The van der Waals surface area contributed by atoms with E-state index >= 15 is 0 Å². The Balaban J connectivity index is 1.18. The summed E-state index contributed by atoms with van der Waals surface area (Å²) in [5, 5.41) is 3.08. The van der Waals surface area contributed by atoms with Gasteiger partial charge in [-0.2, -0.15) is 0 Å². The van der Waals surface area contributed by atoms with Crippen molar-refractivity contribution in [2.75, 3.05) is 38.6 Å². The van der Waals surface area contributed by atoms with Crippen LogP contribution in [0.4, 0.5) is 10.5 Å². The monoisotopic (exact) mass is 461 g/mol. The number of carbonyl (C=O) groups is 2. The van der Waals surface area contributed by atoms with Crippen molar-refractivity contribution in [2.24, 2.45) is 5.41 Å². The van der Waals surface area contributed by atoms with Gasteiger partial charge in [-0.25, -0.2) is 4.79 Å². The lowest BCUT2D eigenvalue weighted by Crippen LogP contribution is -2.47. The van der Waals surface area contributed by atoms with Gasteiger partial charge in [0.15, 0.2) is 0 Å². The van der Waals surface area contributed by atoms with E-state index in [-0.39, 0.29) is 22.8 Å². The molecule has 1 aliphatic carbocycles. The Morgan fingerprint density at radius 3 is 2.12 bits per heavy atom. The molecule has 3 fully saturated rings. The van der Waals surface area contributed by atoms with Gasteiger partial charge in [-0.15, -0.1) is 0 Å². The predicted molar refractivity (Wildman–Crippen MR) is 133 cm³/mol. The van der Waals surface area contributed by atoms with E-state index in [0.29, 0.717) is 0 Å². The topological polar surface area (TPSA) is 61.9 Å². The quantitative estimate of drug-likeness (QED) is 0.705. The third kappa shape index (κ3) is 4.15. The average Bonchev–Trinajstić information content (AvgIpc) is 3.56. The molecule has 0 bridgehead atoms. The second-order valence-electron chi connectivity index (χ2n) is 10.5. The van der Waals surface area contributed by atoms with Crippen molar-refractivity contribution in [3.63, 3.8) is 0 Å². The molecule has 2 aliphatic heterocycles. The van der Waals surface area contributed by atoms with Crippen molar-refractivity contribution in [3.8, 4) is 5.75 Å². The molecule has 1 saturated carbocycles. The van der Waals surface area contributed by atoms with Gasteiger partial charge in [0.2, 0.25) is 5.91 Å². The summed E-state index contributed by atoms with van der Waals surface area (Å²) < 4.78 is 5.28. The minimum atomic E-state index is -0.343. The highest BCUT2D eigenvalue weighted by Crippen LogP contribution is 2.51. The number of benzene rings is 2. The molecule has 3 amide bonds. The molecule has 0 unspecified atom stereocenters. The number of methoxy groups -OCH3 is 1. The molecule has 0 atom stereocenters. The predicted octanol–water partition coefficient (Wildman–Crippen LogP) is 4.89. The minimum Gasteiger partial charge on any atom is -0.497 e. The summed E-state index contributed by atoms with van der Waals surface area (Å²) in [6.07, 6.45) is 4.78. The number of hydrogen-bond acceptors (Lipinski definition) is 3. The van der Waals surface area contributed by atoms with E-state index in [1.54, 1.807) is 7.11 Å². The fourth-order valence-electron chi connectivity index (χ4n) is 5.81. The Bertz CT molecular complexity index is 1080. The van der Waals surface area contributed by atoms with Crippen LogP contribution in [0.1, 0.15) is 48.8 Å². The van der Waals surface area contributed by atoms with Gasteiger partial charge >= 0.3 is 6.03 Å². The van der Waals surface area contributed by atoms with Crippen LogP contribution in [0.5, 0.6) is 5.75 Å². The number of anilines is 1. The molecule has 1 spiro atoms. The fraction of sp³-hybridized carbons (Fsp3) is 0.500. The lowest BCUT2D eigenvalue weighted by atomic mass is 9.78. The molecule has 2 heterocycles. The van der Waals surface area contributed by atoms with E-state index in [9.17, 15) is 9.59 Å². The van der Waals surface area contributed by atoms with Gasteiger partial charge in [-0.05, 0) is 80.7 Å². The Hall–Kier alpha value is -3.02. The molecule has 180 valence electrons. The van der Waals surface area contributed by atoms with Gasteiger partial charge in [0.05, 0.1) is 12.5 Å². The fourth-order valence-corrected chi connectivity index (χ4v) is 5.81. The number of nitrogens with one attached hydrogen (secondary N) is 1. The maximum Gasteiger partial charge on any atom is 0.321 e. The van der Waals surface area contributed by atoms with Gasteiger partial charge < -0.3 is 19.9 Å². The van der Waals surface area contributed by atoms with Crippen molar-refractivity contribution >= 4 is 17.6 Å². The van der Waals surface area contributed by atoms with E-state index in [1.165, 1.54) is 5.56 Å². The lowest BCUT2D eigenvalue weighted by Gasteiger charge is -2.39. The third-order valence-corrected chi connectivity index (χ3v) is 8.26. The molecule has 6 heteroatoms. The Kier molecular flexibility index (Phi) is 5.78. The highest BCUT2D eigenvalue weighted by atomic mass is 16.5. The molecular weight excluding hydrogens is 426 g/mol. The van der Waals surface area contributed by atoms with Crippen molar-refractivity contribution in [1.82, 2.24) is 9.80 Å².